The largest absolute Gasteiger partial charge is 0.339 e. The van der Waals surface area contributed by atoms with Crippen LogP contribution >= 0.6 is 0 Å². The molecule has 0 saturated heterocycles. The van der Waals surface area contributed by atoms with Crippen molar-refractivity contribution in [2.24, 2.45) is 5.92 Å². The molecule has 0 spiro atoms. The number of hydrogen-bond acceptors (Lipinski definition) is 4. The van der Waals surface area contributed by atoms with Gasteiger partial charge in [0.25, 0.3) is 0 Å². The van der Waals surface area contributed by atoms with E-state index in [1.165, 1.54) is 0 Å². The van der Waals surface area contributed by atoms with E-state index in [0.29, 0.717) is 18.3 Å². The van der Waals surface area contributed by atoms with Crippen molar-refractivity contribution in [1.82, 2.24) is 15.0 Å². The summed E-state index contributed by atoms with van der Waals surface area (Å²) in [6.07, 6.45) is 4.36. The average Bonchev–Trinajstić information content (AvgIpc) is 3.17. The Bertz CT molecular complexity index is 407. The summed E-state index contributed by atoms with van der Waals surface area (Å²) in [6, 6.07) is 0. The second kappa shape index (κ2) is 3.57. The quantitative estimate of drug-likeness (QED) is 0.769. The smallest absolute Gasteiger partial charge is 0.229 e. The number of aromatic nitrogens is 2. The topological polar surface area (TPSA) is 59.2 Å². The van der Waals surface area contributed by atoms with Gasteiger partial charge < -0.3 is 9.42 Å². The molecule has 1 heterocycles. The molecular weight excluding hydrogens is 206 g/mol. The first-order chi connectivity index (χ1) is 7.74. The van der Waals surface area contributed by atoms with Crippen molar-refractivity contribution in [1.29, 1.82) is 0 Å². The molecule has 5 nitrogen and oxygen atoms in total. The summed E-state index contributed by atoms with van der Waals surface area (Å²) in [7, 11) is 1.80. The summed E-state index contributed by atoms with van der Waals surface area (Å²) < 4.78 is 5.15. The molecular formula is C11H15N3O2. The SMILES string of the molecule is CN(Cc1noc(C2CC2)n1)C(=O)C1CC1. The summed E-state index contributed by atoms with van der Waals surface area (Å²) in [4.78, 5) is 17.7. The zero-order valence-electron chi connectivity index (χ0n) is 9.35. The molecule has 5 heteroatoms. The average molecular weight is 221 g/mol. The molecule has 0 atom stereocenters. The van der Waals surface area contributed by atoms with Crippen molar-refractivity contribution in [2.45, 2.75) is 38.1 Å². The molecule has 2 fully saturated rings. The maximum Gasteiger partial charge on any atom is 0.229 e. The van der Waals surface area contributed by atoms with Crippen LogP contribution in [0.5, 0.6) is 0 Å². The number of hydrogen-bond donors (Lipinski definition) is 0. The summed E-state index contributed by atoms with van der Waals surface area (Å²) in [5.74, 6) is 2.30. The van der Waals surface area contributed by atoms with Gasteiger partial charge in [0.05, 0.1) is 6.54 Å². The van der Waals surface area contributed by atoms with E-state index in [4.69, 9.17) is 4.52 Å². The second-order valence-corrected chi connectivity index (χ2v) is 4.79. The maximum atomic E-state index is 11.7. The predicted molar refractivity (Wildman–Crippen MR) is 55.5 cm³/mol. The van der Waals surface area contributed by atoms with Crippen LogP contribution in [-0.2, 0) is 11.3 Å². The monoisotopic (exact) mass is 221 g/mol. The Morgan fingerprint density at radius 1 is 1.44 bits per heavy atom. The minimum absolute atomic E-state index is 0.206. The molecule has 0 aliphatic heterocycles. The molecule has 1 aromatic heterocycles. The lowest BCUT2D eigenvalue weighted by Crippen LogP contribution is -2.27. The zero-order chi connectivity index (χ0) is 11.1. The minimum Gasteiger partial charge on any atom is -0.339 e. The Labute approximate surface area is 93.8 Å². The molecule has 0 radical (unpaired) electrons. The molecule has 16 heavy (non-hydrogen) atoms. The minimum atomic E-state index is 0.206. The van der Waals surface area contributed by atoms with E-state index in [1.54, 1.807) is 11.9 Å². The highest BCUT2D eigenvalue weighted by molar-refractivity contribution is 5.80. The van der Waals surface area contributed by atoms with Gasteiger partial charge in [-0.25, -0.2) is 0 Å². The van der Waals surface area contributed by atoms with Gasteiger partial charge in [-0.2, -0.15) is 4.98 Å². The number of amides is 1. The Balaban J connectivity index is 1.61. The Morgan fingerprint density at radius 3 is 2.81 bits per heavy atom. The van der Waals surface area contributed by atoms with Crippen molar-refractivity contribution >= 4 is 5.91 Å². The van der Waals surface area contributed by atoms with Gasteiger partial charge in [-0.1, -0.05) is 5.16 Å². The van der Waals surface area contributed by atoms with Crippen molar-refractivity contribution in [3.63, 3.8) is 0 Å². The normalized spacial score (nSPS) is 19.8. The van der Waals surface area contributed by atoms with Crippen LogP contribution in [0.15, 0.2) is 4.52 Å². The van der Waals surface area contributed by atoms with E-state index < -0.39 is 0 Å². The lowest BCUT2D eigenvalue weighted by molar-refractivity contribution is -0.131. The number of carbonyl (C=O) groups excluding carboxylic acids is 1. The van der Waals surface area contributed by atoms with Gasteiger partial charge in [-0.05, 0) is 25.7 Å². The van der Waals surface area contributed by atoms with Gasteiger partial charge in [0, 0.05) is 18.9 Å². The number of rotatable bonds is 4. The van der Waals surface area contributed by atoms with Gasteiger partial charge in [0.15, 0.2) is 5.82 Å². The first-order valence-corrected chi connectivity index (χ1v) is 5.81. The van der Waals surface area contributed by atoms with E-state index in [1.807, 2.05) is 0 Å². The van der Waals surface area contributed by atoms with Gasteiger partial charge in [-0.3, -0.25) is 4.79 Å². The summed E-state index contributed by atoms with van der Waals surface area (Å²) in [5, 5.41) is 3.90. The number of carbonyl (C=O) groups is 1. The van der Waals surface area contributed by atoms with E-state index >= 15 is 0 Å². The predicted octanol–water partition coefficient (Wildman–Crippen LogP) is 1.32. The van der Waals surface area contributed by atoms with Gasteiger partial charge >= 0.3 is 0 Å². The third kappa shape index (κ3) is 1.94. The van der Waals surface area contributed by atoms with Gasteiger partial charge in [-0.15, -0.1) is 0 Å². The standard InChI is InChI=1S/C11H15N3O2/c1-14(11(15)8-4-5-8)6-9-12-10(16-13-9)7-2-3-7/h7-8H,2-6H2,1H3. The Hall–Kier alpha value is -1.39. The molecule has 2 aliphatic rings. The van der Waals surface area contributed by atoms with E-state index in [2.05, 4.69) is 10.1 Å². The van der Waals surface area contributed by atoms with Crippen LogP contribution in [0.25, 0.3) is 0 Å². The zero-order valence-corrected chi connectivity index (χ0v) is 9.35. The highest BCUT2D eigenvalue weighted by atomic mass is 16.5. The van der Waals surface area contributed by atoms with Gasteiger partial charge in [0.1, 0.15) is 0 Å². The fraction of sp³-hybridized carbons (Fsp3) is 0.727. The third-order valence-electron chi connectivity index (χ3n) is 3.09. The van der Waals surface area contributed by atoms with Crippen molar-refractivity contribution in [2.75, 3.05) is 7.05 Å². The molecule has 2 aliphatic carbocycles. The Morgan fingerprint density at radius 2 is 2.19 bits per heavy atom. The Kier molecular flexibility index (Phi) is 2.19. The van der Waals surface area contributed by atoms with Gasteiger partial charge in [0.2, 0.25) is 11.8 Å². The second-order valence-electron chi connectivity index (χ2n) is 4.79. The fourth-order valence-corrected chi connectivity index (χ4v) is 1.76. The highest BCUT2D eigenvalue weighted by Gasteiger charge is 2.33. The molecule has 3 rings (SSSR count). The van der Waals surface area contributed by atoms with Crippen LogP contribution in [0.1, 0.15) is 43.3 Å². The van der Waals surface area contributed by atoms with Crippen molar-refractivity contribution in [3.8, 4) is 0 Å². The molecule has 86 valence electrons. The van der Waals surface area contributed by atoms with Crippen LogP contribution < -0.4 is 0 Å². The summed E-state index contributed by atoms with van der Waals surface area (Å²) in [6.45, 7) is 0.464. The molecule has 0 unspecified atom stereocenters. The van der Waals surface area contributed by atoms with Crippen LogP contribution in [0.2, 0.25) is 0 Å². The fourth-order valence-electron chi connectivity index (χ4n) is 1.76. The van der Waals surface area contributed by atoms with Crippen LogP contribution in [0, 0.1) is 5.92 Å². The first-order valence-electron chi connectivity index (χ1n) is 5.81. The third-order valence-corrected chi connectivity index (χ3v) is 3.09. The molecule has 0 aromatic carbocycles. The highest BCUT2D eigenvalue weighted by Crippen LogP contribution is 2.38. The summed E-state index contributed by atoms with van der Waals surface area (Å²) >= 11 is 0. The lowest BCUT2D eigenvalue weighted by Gasteiger charge is -2.13. The lowest BCUT2D eigenvalue weighted by atomic mass is 10.3. The van der Waals surface area contributed by atoms with Crippen LogP contribution in [0.3, 0.4) is 0 Å². The van der Waals surface area contributed by atoms with Crippen molar-refractivity contribution in [3.05, 3.63) is 11.7 Å². The number of nitrogens with zero attached hydrogens (tertiary/aromatic N) is 3. The van der Waals surface area contributed by atoms with E-state index in [-0.39, 0.29) is 11.8 Å². The van der Waals surface area contributed by atoms with Crippen LogP contribution in [-0.4, -0.2) is 28.0 Å². The van der Waals surface area contributed by atoms with Crippen LogP contribution in [0.4, 0.5) is 0 Å². The molecule has 1 amide bonds. The molecule has 2 saturated carbocycles. The van der Waals surface area contributed by atoms with E-state index in [9.17, 15) is 4.79 Å². The first kappa shape index (κ1) is 9.81. The molecule has 0 N–H and O–H groups in total. The summed E-state index contributed by atoms with van der Waals surface area (Å²) in [5.41, 5.74) is 0. The van der Waals surface area contributed by atoms with Crippen molar-refractivity contribution < 1.29 is 9.32 Å². The maximum absolute atomic E-state index is 11.7. The molecule has 0 bridgehead atoms. The molecule has 1 aromatic rings. The van der Waals surface area contributed by atoms with E-state index in [0.717, 1.165) is 31.6 Å².